The van der Waals surface area contributed by atoms with Crippen LogP contribution < -0.4 is 0 Å². The van der Waals surface area contributed by atoms with Crippen LogP contribution in [-0.2, 0) is 0 Å². The first-order valence-electron chi connectivity index (χ1n) is 7.07. The van der Waals surface area contributed by atoms with E-state index in [2.05, 4.69) is 9.80 Å². The second-order valence-corrected chi connectivity index (χ2v) is 5.13. The standard InChI is InChI=1S/C15H22N2O3/c18-12-11-17-9-7-16(8-10-17)6-5-15(20)13-1-3-14(19)4-2-13/h1-4,18-19H,5-12H2. The van der Waals surface area contributed by atoms with Gasteiger partial charge in [0.25, 0.3) is 0 Å². The van der Waals surface area contributed by atoms with E-state index in [1.54, 1.807) is 24.3 Å². The predicted octanol–water partition coefficient (Wildman–Crippen LogP) is 0.575. The van der Waals surface area contributed by atoms with Crippen molar-refractivity contribution < 1.29 is 15.0 Å². The second-order valence-electron chi connectivity index (χ2n) is 5.13. The maximum absolute atomic E-state index is 12.0. The molecule has 0 bridgehead atoms. The first-order chi connectivity index (χ1) is 9.69. The minimum Gasteiger partial charge on any atom is -0.508 e. The molecular weight excluding hydrogens is 256 g/mol. The molecule has 0 radical (unpaired) electrons. The summed E-state index contributed by atoms with van der Waals surface area (Å²) >= 11 is 0. The van der Waals surface area contributed by atoms with E-state index in [0.717, 1.165) is 39.3 Å². The highest BCUT2D eigenvalue weighted by atomic mass is 16.3. The molecule has 0 unspecified atom stereocenters. The second kappa shape index (κ2) is 7.38. The van der Waals surface area contributed by atoms with E-state index in [1.165, 1.54) is 0 Å². The number of carbonyl (C=O) groups is 1. The van der Waals surface area contributed by atoms with Crippen molar-refractivity contribution in [3.05, 3.63) is 29.8 Å². The van der Waals surface area contributed by atoms with Crippen LogP contribution in [-0.4, -0.2) is 71.7 Å². The Hall–Kier alpha value is -1.43. The molecule has 5 heteroatoms. The van der Waals surface area contributed by atoms with Crippen LogP contribution in [0.2, 0.25) is 0 Å². The lowest BCUT2D eigenvalue weighted by atomic mass is 10.1. The Morgan fingerprint density at radius 1 is 1.00 bits per heavy atom. The Morgan fingerprint density at radius 2 is 1.55 bits per heavy atom. The Bertz CT molecular complexity index is 425. The third-order valence-electron chi connectivity index (χ3n) is 3.73. The number of hydrogen-bond donors (Lipinski definition) is 2. The van der Waals surface area contributed by atoms with Gasteiger partial charge in [-0.2, -0.15) is 0 Å². The van der Waals surface area contributed by atoms with Crippen LogP contribution in [0.1, 0.15) is 16.8 Å². The molecule has 0 saturated carbocycles. The quantitative estimate of drug-likeness (QED) is 0.745. The third-order valence-corrected chi connectivity index (χ3v) is 3.73. The molecule has 0 atom stereocenters. The van der Waals surface area contributed by atoms with E-state index in [9.17, 15) is 9.90 Å². The largest absolute Gasteiger partial charge is 0.508 e. The lowest BCUT2D eigenvalue weighted by Gasteiger charge is -2.34. The average Bonchev–Trinajstić information content (AvgIpc) is 2.47. The zero-order chi connectivity index (χ0) is 14.4. The van der Waals surface area contributed by atoms with Crippen LogP contribution in [0.4, 0.5) is 0 Å². The molecule has 0 aliphatic carbocycles. The van der Waals surface area contributed by atoms with Gasteiger partial charge in [0.1, 0.15) is 5.75 Å². The minimum absolute atomic E-state index is 0.114. The number of carbonyl (C=O) groups excluding carboxylic acids is 1. The number of aromatic hydroxyl groups is 1. The monoisotopic (exact) mass is 278 g/mol. The van der Waals surface area contributed by atoms with Crippen molar-refractivity contribution in [1.29, 1.82) is 0 Å². The molecule has 0 spiro atoms. The number of hydrogen-bond acceptors (Lipinski definition) is 5. The normalized spacial score (nSPS) is 17.2. The van der Waals surface area contributed by atoms with Crippen LogP contribution >= 0.6 is 0 Å². The number of Topliss-reactive ketones (excluding diaryl/α,β-unsaturated/α-hetero) is 1. The topological polar surface area (TPSA) is 64.0 Å². The molecule has 110 valence electrons. The molecule has 0 aromatic heterocycles. The smallest absolute Gasteiger partial charge is 0.164 e. The zero-order valence-corrected chi connectivity index (χ0v) is 11.7. The number of phenols is 1. The summed E-state index contributed by atoms with van der Waals surface area (Å²) in [5, 5.41) is 18.1. The van der Waals surface area contributed by atoms with Gasteiger partial charge >= 0.3 is 0 Å². The number of rotatable bonds is 6. The van der Waals surface area contributed by atoms with Gasteiger partial charge in [0, 0.05) is 51.3 Å². The number of β-amino-alcohol motifs (C(OH)–C–C–N with tert-alkyl or cyclic N) is 1. The van der Waals surface area contributed by atoms with Gasteiger partial charge in [-0.3, -0.25) is 9.69 Å². The van der Waals surface area contributed by atoms with E-state index in [1.807, 2.05) is 0 Å². The Balaban J connectivity index is 1.73. The lowest BCUT2D eigenvalue weighted by Crippen LogP contribution is -2.47. The highest BCUT2D eigenvalue weighted by Crippen LogP contribution is 2.12. The molecular formula is C15H22N2O3. The molecule has 2 N–H and O–H groups in total. The molecule has 5 nitrogen and oxygen atoms in total. The van der Waals surface area contributed by atoms with Crippen LogP contribution in [0.15, 0.2) is 24.3 Å². The third kappa shape index (κ3) is 4.30. The SMILES string of the molecule is O=C(CCN1CCN(CCO)CC1)c1ccc(O)cc1. The van der Waals surface area contributed by atoms with Crippen molar-refractivity contribution in [2.24, 2.45) is 0 Å². The lowest BCUT2D eigenvalue weighted by molar-refractivity contribution is 0.0907. The first-order valence-corrected chi connectivity index (χ1v) is 7.07. The van der Waals surface area contributed by atoms with Crippen molar-refractivity contribution in [2.75, 3.05) is 45.9 Å². The van der Waals surface area contributed by atoms with Crippen LogP contribution in [0.25, 0.3) is 0 Å². The number of ketones is 1. The van der Waals surface area contributed by atoms with Crippen LogP contribution in [0.5, 0.6) is 5.75 Å². The Kier molecular flexibility index (Phi) is 5.52. The van der Waals surface area contributed by atoms with Gasteiger partial charge in [0.2, 0.25) is 0 Å². The van der Waals surface area contributed by atoms with Gasteiger partial charge in [-0.15, -0.1) is 0 Å². The summed E-state index contributed by atoms with van der Waals surface area (Å²) in [4.78, 5) is 16.5. The maximum Gasteiger partial charge on any atom is 0.164 e. The summed E-state index contributed by atoms with van der Waals surface area (Å²) in [5.41, 5.74) is 0.654. The van der Waals surface area contributed by atoms with E-state index >= 15 is 0 Å². The van der Waals surface area contributed by atoms with E-state index in [4.69, 9.17) is 5.11 Å². The Morgan fingerprint density at radius 3 is 2.10 bits per heavy atom. The summed E-state index contributed by atoms with van der Waals surface area (Å²) in [7, 11) is 0. The van der Waals surface area contributed by atoms with E-state index < -0.39 is 0 Å². The molecule has 1 aliphatic rings. The minimum atomic E-state index is 0.114. The Labute approximate surface area is 119 Å². The predicted molar refractivity (Wildman–Crippen MR) is 77.0 cm³/mol. The molecule has 2 rings (SSSR count). The highest BCUT2D eigenvalue weighted by Gasteiger charge is 2.17. The van der Waals surface area contributed by atoms with Gasteiger partial charge in [-0.25, -0.2) is 0 Å². The summed E-state index contributed by atoms with van der Waals surface area (Å²) in [6.07, 6.45) is 0.505. The number of phenolic OH excluding ortho intramolecular Hbond substituents is 1. The van der Waals surface area contributed by atoms with Gasteiger partial charge in [-0.1, -0.05) is 0 Å². The molecule has 1 aromatic carbocycles. The fourth-order valence-corrected chi connectivity index (χ4v) is 2.43. The van der Waals surface area contributed by atoms with Crippen molar-refractivity contribution in [1.82, 2.24) is 9.80 Å². The number of aliphatic hydroxyl groups excluding tert-OH is 1. The van der Waals surface area contributed by atoms with Crippen LogP contribution in [0, 0.1) is 0 Å². The number of benzene rings is 1. The van der Waals surface area contributed by atoms with Gasteiger partial charge in [0.15, 0.2) is 5.78 Å². The van der Waals surface area contributed by atoms with Gasteiger partial charge < -0.3 is 15.1 Å². The maximum atomic E-state index is 12.0. The number of aliphatic hydroxyl groups is 1. The molecule has 1 fully saturated rings. The summed E-state index contributed by atoms with van der Waals surface area (Å²) in [6, 6.07) is 6.41. The molecule has 1 aliphatic heterocycles. The molecule has 1 saturated heterocycles. The van der Waals surface area contributed by atoms with Crippen molar-refractivity contribution in [3.63, 3.8) is 0 Å². The highest BCUT2D eigenvalue weighted by molar-refractivity contribution is 5.96. The van der Waals surface area contributed by atoms with E-state index in [-0.39, 0.29) is 18.1 Å². The van der Waals surface area contributed by atoms with E-state index in [0.29, 0.717) is 12.0 Å². The fourth-order valence-electron chi connectivity index (χ4n) is 2.43. The molecule has 1 aromatic rings. The molecule has 0 amide bonds. The van der Waals surface area contributed by atoms with Gasteiger partial charge in [-0.05, 0) is 24.3 Å². The van der Waals surface area contributed by atoms with Crippen molar-refractivity contribution >= 4 is 5.78 Å². The summed E-state index contributed by atoms with van der Waals surface area (Å²) in [5.74, 6) is 0.296. The van der Waals surface area contributed by atoms with Crippen molar-refractivity contribution in [3.8, 4) is 5.75 Å². The van der Waals surface area contributed by atoms with Gasteiger partial charge in [0.05, 0.1) is 6.61 Å². The first kappa shape index (κ1) is 15.0. The number of piperazine rings is 1. The average molecular weight is 278 g/mol. The van der Waals surface area contributed by atoms with Crippen LogP contribution in [0.3, 0.4) is 0 Å². The number of nitrogens with zero attached hydrogens (tertiary/aromatic N) is 2. The zero-order valence-electron chi connectivity index (χ0n) is 11.7. The van der Waals surface area contributed by atoms with Crippen molar-refractivity contribution in [2.45, 2.75) is 6.42 Å². The summed E-state index contributed by atoms with van der Waals surface area (Å²) < 4.78 is 0. The molecule has 1 heterocycles. The summed E-state index contributed by atoms with van der Waals surface area (Å²) in [6.45, 7) is 5.51. The molecule has 20 heavy (non-hydrogen) atoms. The fraction of sp³-hybridized carbons (Fsp3) is 0.533.